The van der Waals surface area contributed by atoms with Crippen LogP contribution in [0.1, 0.15) is 21.6 Å². The van der Waals surface area contributed by atoms with Crippen molar-refractivity contribution in [1.29, 1.82) is 0 Å². The molecule has 3 rings (SSSR count). The fourth-order valence-corrected chi connectivity index (χ4v) is 2.71. The molecule has 0 saturated carbocycles. The molecule has 0 bridgehead atoms. The molecule has 0 radical (unpaired) electrons. The molecule has 1 aromatic heterocycles. The first-order chi connectivity index (χ1) is 11.1. The fourth-order valence-electron chi connectivity index (χ4n) is 2.71. The Morgan fingerprint density at radius 3 is 2.52 bits per heavy atom. The van der Waals surface area contributed by atoms with Gasteiger partial charge in [0.2, 0.25) is 0 Å². The minimum atomic E-state index is -0.904. The van der Waals surface area contributed by atoms with Crippen LogP contribution in [0.2, 0.25) is 0 Å². The molecule has 2 aromatic carbocycles. The molecule has 1 amide bonds. The van der Waals surface area contributed by atoms with Gasteiger partial charge in [-0.05, 0) is 36.8 Å². The maximum Gasteiger partial charge on any atom is 0.307 e. The lowest BCUT2D eigenvalue weighted by atomic mass is 10.1. The van der Waals surface area contributed by atoms with Crippen molar-refractivity contribution in [3.05, 3.63) is 65.4 Å². The molecular formula is C18H16N2O3. The van der Waals surface area contributed by atoms with E-state index in [0.717, 1.165) is 16.6 Å². The fraction of sp³-hybridized carbons (Fsp3) is 0.111. The van der Waals surface area contributed by atoms with Gasteiger partial charge in [-0.25, -0.2) is 0 Å². The molecule has 0 spiro atoms. The van der Waals surface area contributed by atoms with Crippen LogP contribution in [0.5, 0.6) is 0 Å². The second-order valence-corrected chi connectivity index (χ2v) is 5.35. The zero-order valence-electron chi connectivity index (χ0n) is 12.6. The summed E-state index contributed by atoms with van der Waals surface area (Å²) in [5, 5.41) is 12.7. The molecule has 0 unspecified atom stereocenters. The average molecular weight is 308 g/mol. The number of anilines is 1. The number of benzene rings is 2. The number of aromatic amines is 1. The van der Waals surface area contributed by atoms with E-state index in [0.29, 0.717) is 16.8 Å². The minimum Gasteiger partial charge on any atom is -0.481 e. The van der Waals surface area contributed by atoms with Gasteiger partial charge in [0.05, 0.1) is 12.1 Å². The molecule has 0 saturated heterocycles. The highest BCUT2D eigenvalue weighted by Crippen LogP contribution is 2.30. The van der Waals surface area contributed by atoms with Gasteiger partial charge in [0.15, 0.2) is 0 Å². The van der Waals surface area contributed by atoms with Crippen LogP contribution in [0.15, 0.2) is 48.5 Å². The Morgan fingerprint density at radius 2 is 1.83 bits per heavy atom. The minimum absolute atomic E-state index is 0.0932. The molecule has 23 heavy (non-hydrogen) atoms. The molecule has 0 atom stereocenters. The van der Waals surface area contributed by atoms with Crippen LogP contribution >= 0.6 is 0 Å². The Labute approximate surface area is 133 Å². The SMILES string of the molecule is Cc1[nH]c2cccc(NC(=O)c3ccccc3)c2c1CC(=O)O. The summed E-state index contributed by atoms with van der Waals surface area (Å²) < 4.78 is 0. The number of amides is 1. The van der Waals surface area contributed by atoms with Crippen LogP contribution in [0, 0.1) is 6.92 Å². The molecule has 5 nitrogen and oxygen atoms in total. The predicted octanol–water partition coefficient (Wildman–Crippen LogP) is 3.36. The van der Waals surface area contributed by atoms with Crippen molar-refractivity contribution in [2.45, 2.75) is 13.3 Å². The van der Waals surface area contributed by atoms with Crippen molar-refractivity contribution < 1.29 is 14.7 Å². The second-order valence-electron chi connectivity index (χ2n) is 5.35. The van der Waals surface area contributed by atoms with E-state index < -0.39 is 5.97 Å². The third-order valence-electron chi connectivity index (χ3n) is 3.75. The summed E-state index contributed by atoms with van der Waals surface area (Å²) >= 11 is 0. The first kappa shape index (κ1) is 14.8. The maximum absolute atomic E-state index is 12.4. The largest absolute Gasteiger partial charge is 0.481 e. The van der Waals surface area contributed by atoms with Gasteiger partial charge < -0.3 is 15.4 Å². The van der Waals surface area contributed by atoms with Crippen LogP contribution in [-0.4, -0.2) is 22.0 Å². The van der Waals surface area contributed by atoms with Gasteiger partial charge in [0, 0.05) is 22.2 Å². The van der Waals surface area contributed by atoms with Gasteiger partial charge in [0.25, 0.3) is 5.91 Å². The van der Waals surface area contributed by atoms with Gasteiger partial charge in [-0.1, -0.05) is 24.3 Å². The van der Waals surface area contributed by atoms with Gasteiger partial charge >= 0.3 is 5.97 Å². The first-order valence-electron chi connectivity index (χ1n) is 7.24. The van der Waals surface area contributed by atoms with Gasteiger partial charge in [-0.15, -0.1) is 0 Å². The van der Waals surface area contributed by atoms with Gasteiger partial charge in [-0.2, -0.15) is 0 Å². The first-order valence-corrected chi connectivity index (χ1v) is 7.24. The topological polar surface area (TPSA) is 82.2 Å². The summed E-state index contributed by atoms with van der Waals surface area (Å²) in [5.41, 5.74) is 3.46. The van der Waals surface area contributed by atoms with E-state index in [1.807, 2.05) is 25.1 Å². The Morgan fingerprint density at radius 1 is 1.09 bits per heavy atom. The monoisotopic (exact) mass is 308 g/mol. The van der Waals surface area contributed by atoms with E-state index in [4.69, 9.17) is 5.11 Å². The zero-order valence-corrected chi connectivity index (χ0v) is 12.6. The van der Waals surface area contributed by atoms with E-state index in [-0.39, 0.29) is 12.3 Å². The number of carbonyl (C=O) groups is 2. The highest BCUT2D eigenvalue weighted by atomic mass is 16.4. The van der Waals surface area contributed by atoms with Crippen LogP contribution in [0.4, 0.5) is 5.69 Å². The number of nitrogens with one attached hydrogen (secondary N) is 2. The number of aliphatic carboxylic acids is 1. The number of carboxylic acid groups (broad SMARTS) is 1. The third-order valence-corrected chi connectivity index (χ3v) is 3.75. The van der Waals surface area contributed by atoms with Crippen LogP contribution in [-0.2, 0) is 11.2 Å². The third kappa shape index (κ3) is 2.94. The van der Waals surface area contributed by atoms with Crippen molar-refractivity contribution in [1.82, 2.24) is 4.98 Å². The van der Waals surface area contributed by atoms with Crippen molar-refractivity contribution in [2.75, 3.05) is 5.32 Å². The van der Waals surface area contributed by atoms with E-state index in [1.165, 1.54) is 0 Å². The summed E-state index contributed by atoms with van der Waals surface area (Å²) in [4.78, 5) is 26.6. The smallest absolute Gasteiger partial charge is 0.307 e. The van der Waals surface area contributed by atoms with E-state index in [9.17, 15) is 9.59 Å². The Bertz CT molecular complexity index is 882. The average Bonchev–Trinajstić information content (AvgIpc) is 2.84. The van der Waals surface area contributed by atoms with Crippen LogP contribution < -0.4 is 5.32 Å². The summed E-state index contributed by atoms with van der Waals surface area (Å²) in [5.74, 6) is -1.13. The number of carboxylic acids is 1. The van der Waals surface area contributed by atoms with Crippen molar-refractivity contribution in [3.8, 4) is 0 Å². The number of hydrogen-bond acceptors (Lipinski definition) is 2. The molecule has 0 aliphatic carbocycles. The second kappa shape index (κ2) is 5.96. The van der Waals surface area contributed by atoms with Crippen LogP contribution in [0.25, 0.3) is 10.9 Å². The number of aryl methyl sites for hydroxylation is 1. The number of fused-ring (bicyclic) bond motifs is 1. The Hall–Kier alpha value is -3.08. The maximum atomic E-state index is 12.4. The Kier molecular flexibility index (Phi) is 3.85. The molecule has 3 aromatic rings. The zero-order chi connectivity index (χ0) is 16.4. The van der Waals surface area contributed by atoms with E-state index >= 15 is 0 Å². The molecular weight excluding hydrogens is 292 g/mol. The summed E-state index contributed by atoms with van der Waals surface area (Å²) in [6, 6.07) is 14.4. The highest BCUT2D eigenvalue weighted by molar-refractivity contribution is 6.10. The quantitative estimate of drug-likeness (QED) is 0.691. The lowest BCUT2D eigenvalue weighted by Crippen LogP contribution is -2.12. The number of rotatable bonds is 4. The van der Waals surface area contributed by atoms with E-state index in [2.05, 4.69) is 10.3 Å². The summed E-state index contributed by atoms with van der Waals surface area (Å²) in [6.45, 7) is 1.83. The predicted molar refractivity (Wildman–Crippen MR) is 88.8 cm³/mol. The standard InChI is InChI=1S/C18H16N2O3/c1-11-13(10-16(21)22)17-14(19-11)8-5-9-15(17)20-18(23)12-6-3-2-4-7-12/h2-9,19H,10H2,1H3,(H,20,23)(H,21,22). The number of H-pyrrole nitrogens is 1. The van der Waals surface area contributed by atoms with Crippen molar-refractivity contribution in [3.63, 3.8) is 0 Å². The molecule has 3 N–H and O–H groups in total. The Balaban J connectivity index is 2.04. The molecule has 116 valence electrons. The lowest BCUT2D eigenvalue weighted by molar-refractivity contribution is -0.136. The summed E-state index contributed by atoms with van der Waals surface area (Å²) in [6.07, 6.45) is -0.0932. The molecule has 0 aliphatic heterocycles. The van der Waals surface area contributed by atoms with Crippen LogP contribution in [0.3, 0.4) is 0 Å². The normalized spacial score (nSPS) is 10.7. The van der Waals surface area contributed by atoms with E-state index in [1.54, 1.807) is 30.3 Å². The van der Waals surface area contributed by atoms with Crippen molar-refractivity contribution >= 4 is 28.5 Å². The number of carbonyl (C=O) groups excluding carboxylic acids is 1. The highest BCUT2D eigenvalue weighted by Gasteiger charge is 2.16. The lowest BCUT2D eigenvalue weighted by Gasteiger charge is -2.08. The summed E-state index contributed by atoms with van der Waals surface area (Å²) in [7, 11) is 0. The number of hydrogen-bond donors (Lipinski definition) is 3. The molecule has 5 heteroatoms. The van der Waals surface area contributed by atoms with Gasteiger partial charge in [0.1, 0.15) is 0 Å². The van der Waals surface area contributed by atoms with Gasteiger partial charge in [-0.3, -0.25) is 9.59 Å². The molecule has 0 aliphatic rings. The molecule has 0 fully saturated rings. The number of aromatic nitrogens is 1. The molecule has 1 heterocycles. The van der Waals surface area contributed by atoms with Crippen molar-refractivity contribution in [2.24, 2.45) is 0 Å².